The first kappa shape index (κ1) is 13.3. The van der Waals surface area contributed by atoms with Crippen molar-refractivity contribution in [1.29, 1.82) is 0 Å². The first-order chi connectivity index (χ1) is 4.19. The highest BCUT2D eigenvalue weighted by Crippen LogP contribution is 2.35. The van der Waals surface area contributed by atoms with Crippen LogP contribution in [-0.4, -0.2) is 16.9 Å². The molecule has 0 aliphatic rings. The van der Waals surface area contributed by atoms with Gasteiger partial charge in [0.1, 0.15) is 0 Å². The summed E-state index contributed by atoms with van der Waals surface area (Å²) in [5.74, 6) is -0.813. The van der Waals surface area contributed by atoms with Gasteiger partial charge in [0.05, 0.1) is 0 Å². The fourth-order valence-corrected chi connectivity index (χ4v) is 0.327. The Morgan fingerprint density at radius 3 is 1.45 bits per heavy atom. The fraction of sp³-hybridized carbons (Fsp3) is 1.00. The monoisotopic (exact) mass is 172 g/mol. The van der Waals surface area contributed by atoms with Gasteiger partial charge in [0.25, 0.3) is 0 Å². The molecule has 0 spiro atoms. The molecule has 0 fully saturated rings. The highest BCUT2D eigenvalue weighted by atomic mass is 19.4. The molecule has 1 atom stereocenters. The Labute approximate surface area is 65.2 Å². The van der Waals surface area contributed by atoms with E-state index in [0.717, 1.165) is 6.92 Å². The summed E-state index contributed by atoms with van der Waals surface area (Å²) in [6.45, 7) is 3.43. The predicted molar refractivity (Wildman–Crippen MR) is 38.2 cm³/mol. The van der Waals surface area contributed by atoms with Crippen LogP contribution in [0.15, 0.2) is 0 Å². The van der Waals surface area contributed by atoms with E-state index >= 15 is 0 Å². The molecule has 1 N–H and O–H groups in total. The van der Waals surface area contributed by atoms with Crippen molar-refractivity contribution >= 4 is 0 Å². The van der Waals surface area contributed by atoms with E-state index in [0.29, 0.717) is 0 Å². The minimum atomic E-state index is -4.53. The summed E-state index contributed by atoms with van der Waals surface area (Å²) in [5.41, 5.74) is -2.56. The van der Waals surface area contributed by atoms with E-state index in [1.165, 1.54) is 13.8 Å². The summed E-state index contributed by atoms with van der Waals surface area (Å²) in [6, 6.07) is 0. The number of alkyl halides is 3. The van der Waals surface area contributed by atoms with E-state index in [9.17, 15) is 13.2 Å². The SMILES string of the molecule is C.CC(C)[C@@](C)(O)C(F)(F)F. The zero-order valence-electron chi connectivity index (χ0n) is 6.16. The topological polar surface area (TPSA) is 20.2 Å². The highest BCUT2D eigenvalue weighted by Gasteiger charge is 2.51. The number of rotatable bonds is 1. The largest absolute Gasteiger partial charge is 0.417 e. The number of halogens is 3. The number of hydrogen-bond acceptors (Lipinski definition) is 1. The maximum atomic E-state index is 11.8. The van der Waals surface area contributed by atoms with Crippen LogP contribution >= 0.6 is 0 Å². The van der Waals surface area contributed by atoms with Crippen LogP contribution in [0.5, 0.6) is 0 Å². The van der Waals surface area contributed by atoms with Crippen molar-refractivity contribution in [1.82, 2.24) is 0 Å². The van der Waals surface area contributed by atoms with Gasteiger partial charge in [0.15, 0.2) is 5.60 Å². The van der Waals surface area contributed by atoms with E-state index in [1.807, 2.05) is 0 Å². The summed E-state index contributed by atoms with van der Waals surface area (Å²) in [5, 5.41) is 8.80. The third kappa shape index (κ3) is 2.69. The highest BCUT2D eigenvalue weighted by molar-refractivity contribution is 4.84. The van der Waals surface area contributed by atoms with Crippen LogP contribution in [0.3, 0.4) is 0 Å². The molecule has 0 bridgehead atoms. The maximum Gasteiger partial charge on any atom is 0.417 e. The van der Waals surface area contributed by atoms with Gasteiger partial charge in [-0.05, 0) is 12.8 Å². The van der Waals surface area contributed by atoms with Crippen LogP contribution < -0.4 is 0 Å². The van der Waals surface area contributed by atoms with Crippen LogP contribution in [0.25, 0.3) is 0 Å². The average molecular weight is 172 g/mol. The van der Waals surface area contributed by atoms with Crippen molar-refractivity contribution < 1.29 is 18.3 Å². The molecule has 0 saturated carbocycles. The summed E-state index contributed by atoms with van der Waals surface area (Å²) >= 11 is 0. The normalized spacial score (nSPS) is 17.5. The second-order valence-corrected chi connectivity index (χ2v) is 2.80. The Bertz CT molecular complexity index is 115. The average Bonchev–Trinajstić information content (AvgIpc) is 1.62. The molecule has 0 radical (unpaired) electrons. The first-order valence-corrected chi connectivity index (χ1v) is 2.98. The fourth-order valence-electron chi connectivity index (χ4n) is 0.327. The molecule has 0 unspecified atom stereocenters. The predicted octanol–water partition coefficient (Wildman–Crippen LogP) is 2.59. The number of aliphatic hydroxyl groups is 1. The molecule has 70 valence electrons. The van der Waals surface area contributed by atoms with Gasteiger partial charge in [-0.1, -0.05) is 21.3 Å². The van der Waals surface area contributed by atoms with Crippen LogP contribution in [0.2, 0.25) is 0 Å². The third-order valence-electron chi connectivity index (χ3n) is 1.70. The standard InChI is InChI=1S/C6H11F3O.CH4/c1-4(2)5(3,10)6(7,8)9;/h4,10H,1-3H3;1H4/t5-;/m1./s1. The van der Waals surface area contributed by atoms with Gasteiger partial charge in [-0.15, -0.1) is 0 Å². The Kier molecular flexibility index (Phi) is 4.16. The van der Waals surface area contributed by atoms with Gasteiger partial charge in [0.2, 0.25) is 0 Å². The van der Waals surface area contributed by atoms with Gasteiger partial charge in [-0.25, -0.2) is 0 Å². The van der Waals surface area contributed by atoms with Crippen molar-refractivity contribution in [2.24, 2.45) is 5.92 Å². The smallest absolute Gasteiger partial charge is 0.380 e. The molecule has 1 nitrogen and oxygen atoms in total. The zero-order valence-corrected chi connectivity index (χ0v) is 6.16. The van der Waals surface area contributed by atoms with Crippen molar-refractivity contribution in [2.75, 3.05) is 0 Å². The lowest BCUT2D eigenvalue weighted by Gasteiger charge is -2.29. The molecule has 0 aromatic heterocycles. The molecule has 0 aliphatic carbocycles. The van der Waals surface area contributed by atoms with Crippen molar-refractivity contribution in [3.63, 3.8) is 0 Å². The molecular formula is C7H15F3O. The van der Waals surface area contributed by atoms with Gasteiger partial charge < -0.3 is 5.11 Å². The van der Waals surface area contributed by atoms with Crippen LogP contribution in [0.4, 0.5) is 13.2 Å². The lowest BCUT2D eigenvalue weighted by Crippen LogP contribution is -2.46. The van der Waals surface area contributed by atoms with Crippen LogP contribution in [0, 0.1) is 5.92 Å². The van der Waals surface area contributed by atoms with Crippen molar-refractivity contribution in [3.8, 4) is 0 Å². The van der Waals surface area contributed by atoms with E-state index in [2.05, 4.69) is 0 Å². The van der Waals surface area contributed by atoms with Gasteiger partial charge >= 0.3 is 6.18 Å². The Hall–Kier alpha value is -0.250. The number of hydrogen-bond donors (Lipinski definition) is 1. The molecular weight excluding hydrogens is 157 g/mol. The van der Waals surface area contributed by atoms with Gasteiger partial charge in [0, 0.05) is 0 Å². The first-order valence-electron chi connectivity index (χ1n) is 2.98. The van der Waals surface area contributed by atoms with Crippen molar-refractivity contribution in [2.45, 2.75) is 40.0 Å². The molecule has 0 aliphatic heterocycles. The lowest BCUT2D eigenvalue weighted by atomic mass is 9.92. The Morgan fingerprint density at radius 1 is 1.18 bits per heavy atom. The van der Waals surface area contributed by atoms with E-state index in [-0.39, 0.29) is 7.43 Å². The second-order valence-electron chi connectivity index (χ2n) is 2.80. The minimum absolute atomic E-state index is 0. The molecule has 4 heteroatoms. The molecule has 0 amide bonds. The van der Waals surface area contributed by atoms with E-state index in [4.69, 9.17) is 5.11 Å². The summed E-state index contributed by atoms with van der Waals surface area (Å²) in [7, 11) is 0. The lowest BCUT2D eigenvalue weighted by molar-refractivity contribution is -0.267. The molecule has 0 saturated heterocycles. The molecule has 0 aromatic carbocycles. The zero-order chi connectivity index (χ0) is 8.58. The Balaban J connectivity index is 0. The third-order valence-corrected chi connectivity index (χ3v) is 1.70. The Morgan fingerprint density at radius 2 is 1.45 bits per heavy atom. The summed E-state index contributed by atoms with van der Waals surface area (Å²) in [4.78, 5) is 0. The molecule has 0 aromatic rings. The van der Waals surface area contributed by atoms with Crippen LogP contribution in [0.1, 0.15) is 28.2 Å². The molecule has 0 heterocycles. The summed E-state index contributed by atoms with van der Waals surface area (Å²) < 4.78 is 35.5. The van der Waals surface area contributed by atoms with E-state index < -0.39 is 17.7 Å². The maximum absolute atomic E-state index is 11.8. The van der Waals surface area contributed by atoms with Crippen LogP contribution in [-0.2, 0) is 0 Å². The quantitative estimate of drug-likeness (QED) is 0.644. The van der Waals surface area contributed by atoms with Gasteiger partial charge in [-0.3, -0.25) is 0 Å². The second kappa shape index (κ2) is 3.43. The summed E-state index contributed by atoms with van der Waals surface area (Å²) in [6.07, 6.45) is -4.53. The van der Waals surface area contributed by atoms with Crippen molar-refractivity contribution in [3.05, 3.63) is 0 Å². The molecule has 11 heavy (non-hydrogen) atoms. The minimum Gasteiger partial charge on any atom is -0.380 e. The molecule has 0 rings (SSSR count). The van der Waals surface area contributed by atoms with E-state index in [1.54, 1.807) is 0 Å². The van der Waals surface area contributed by atoms with Gasteiger partial charge in [-0.2, -0.15) is 13.2 Å².